The first-order valence-corrected chi connectivity index (χ1v) is 16.9. The maximum absolute atomic E-state index is 5.65. The molecule has 0 saturated heterocycles. The first-order chi connectivity index (χ1) is 20.8. The summed E-state index contributed by atoms with van der Waals surface area (Å²) in [5.41, 5.74) is 9.40. The Morgan fingerprint density at radius 2 is 0.976 bits per heavy atom. The maximum atomic E-state index is 5.65. The van der Waals surface area contributed by atoms with Gasteiger partial charge in [0.05, 0.1) is 42.5 Å². The number of thiophene rings is 2. The van der Waals surface area contributed by atoms with Crippen molar-refractivity contribution in [2.75, 3.05) is 0 Å². The van der Waals surface area contributed by atoms with Crippen LogP contribution in [0.3, 0.4) is 0 Å². The molecule has 9 rings (SSSR count). The molecular formula is C36H30N4S2. The number of aryl methyl sites for hydroxylation is 2. The van der Waals surface area contributed by atoms with Gasteiger partial charge in [-0.3, -0.25) is 0 Å². The Hall–Kier alpha value is -4.00. The number of nitrogens with zero attached hydrogens (tertiary/aromatic N) is 4. The van der Waals surface area contributed by atoms with E-state index in [1.165, 1.54) is 63.8 Å². The highest BCUT2D eigenvalue weighted by molar-refractivity contribution is 7.19. The summed E-state index contributed by atoms with van der Waals surface area (Å²) in [5.74, 6) is 0. The zero-order valence-corrected chi connectivity index (χ0v) is 25.4. The second kappa shape index (κ2) is 9.25. The van der Waals surface area contributed by atoms with Crippen molar-refractivity contribution in [2.45, 2.75) is 52.6 Å². The van der Waals surface area contributed by atoms with E-state index >= 15 is 0 Å². The van der Waals surface area contributed by atoms with E-state index in [-0.39, 0.29) is 0 Å². The van der Waals surface area contributed by atoms with Gasteiger partial charge in [0.25, 0.3) is 0 Å². The number of rotatable bonds is 6. The summed E-state index contributed by atoms with van der Waals surface area (Å²) >= 11 is 3.69. The summed E-state index contributed by atoms with van der Waals surface area (Å²) in [5, 5.41) is 11.8. The number of fused-ring (bicyclic) bond motifs is 16. The van der Waals surface area contributed by atoms with Gasteiger partial charge in [0.15, 0.2) is 0 Å². The molecule has 0 radical (unpaired) electrons. The van der Waals surface area contributed by atoms with Crippen molar-refractivity contribution in [3.8, 4) is 0 Å². The van der Waals surface area contributed by atoms with E-state index in [4.69, 9.17) is 9.97 Å². The second-order valence-electron chi connectivity index (χ2n) is 11.4. The van der Waals surface area contributed by atoms with Gasteiger partial charge in [-0.05, 0) is 46.5 Å². The Morgan fingerprint density at radius 3 is 1.40 bits per heavy atom. The predicted molar refractivity (Wildman–Crippen MR) is 184 cm³/mol. The molecule has 4 aromatic carbocycles. The third-order valence-electron chi connectivity index (χ3n) is 9.06. The summed E-state index contributed by atoms with van der Waals surface area (Å²) in [7, 11) is 0. The van der Waals surface area contributed by atoms with Crippen molar-refractivity contribution in [2.24, 2.45) is 0 Å². The van der Waals surface area contributed by atoms with Crippen molar-refractivity contribution < 1.29 is 0 Å². The maximum Gasteiger partial charge on any atom is 0.101 e. The van der Waals surface area contributed by atoms with Crippen LogP contribution in [-0.4, -0.2) is 19.1 Å². The molecule has 0 amide bonds. The van der Waals surface area contributed by atoms with Crippen LogP contribution in [0, 0.1) is 0 Å². The highest BCUT2D eigenvalue weighted by Gasteiger charge is 2.26. The molecule has 42 heavy (non-hydrogen) atoms. The molecule has 206 valence electrons. The van der Waals surface area contributed by atoms with Crippen molar-refractivity contribution >= 4 is 109 Å². The smallest absolute Gasteiger partial charge is 0.101 e. The van der Waals surface area contributed by atoms with Crippen LogP contribution in [0.4, 0.5) is 0 Å². The Labute approximate surface area is 250 Å². The largest absolute Gasteiger partial charge is 0.338 e. The molecule has 0 aliphatic heterocycles. The fourth-order valence-electron chi connectivity index (χ4n) is 7.17. The molecule has 4 nitrogen and oxygen atoms in total. The fourth-order valence-corrected chi connectivity index (χ4v) is 9.05. The molecule has 9 aromatic rings. The minimum Gasteiger partial charge on any atom is -0.338 e. The van der Waals surface area contributed by atoms with Gasteiger partial charge in [0.1, 0.15) is 11.0 Å². The Kier molecular flexibility index (Phi) is 5.41. The molecule has 0 unspecified atom stereocenters. The second-order valence-corrected chi connectivity index (χ2v) is 13.3. The molecule has 0 spiro atoms. The molecule has 5 heterocycles. The van der Waals surface area contributed by atoms with E-state index in [1.807, 2.05) is 22.7 Å². The van der Waals surface area contributed by atoms with Crippen molar-refractivity contribution in [1.29, 1.82) is 0 Å². The molecule has 0 aliphatic rings. The van der Waals surface area contributed by atoms with Gasteiger partial charge in [0.2, 0.25) is 0 Å². The molecular weight excluding hydrogens is 553 g/mol. The lowest BCUT2D eigenvalue weighted by Crippen LogP contribution is -2.03. The van der Waals surface area contributed by atoms with Gasteiger partial charge >= 0.3 is 0 Å². The van der Waals surface area contributed by atoms with Gasteiger partial charge in [-0.25, -0.2) is 9.97 Å². The third-order valence-corrected chi connectivity index (χ3v) is 10.9. The van der Waals surface area contributed by atoms with Crippen molar-refractivity contribution in [3.63, 3.8) is 0 Å². The zero-order valence-electron chi connectivity index (χ0n) is 23.8. The van der Waals surface area contributed by atoms with E-state index in [2.05, 4.69) is 94.4 Å². The van der Waals surface area contributed by atoms with Crippen LogP contribution in [0.1, 0.15) is 39.5 Å². The number of unbranched alkanes of at least 4 members (excludes halogenated alkanes) is 2. The molecule has 6 heteroatoms. The highest BCUT2D eigenvalue weighted by atomic mass is 32.1. The average molecular weight is 583 g/mol. The number of hydrogen-bond acceptors (Lipinski definition) is 4. The monoisotopic (exact) mass is 582 g/mol. The van der Waals surface area contributed by atoms with Crippen LogP contribution in [-0.2, 0) is 13.1 Å². The summed E-state index contributed by atoms with van der Waals surface area (Å²) < 4.78 is 7.86. The first kappa shape index (κ1) is 24.6. The van der Waals surface area contributed by atoms with Crippen LogP contribution in [0.2, 0.25) is 0 Å². The van der Waals surface area contributed by atoms with Crippen LogP contribution < -0.4 is 0 Å². The topological polar surface area (TPSA) is 35.6 Å². The van der Waals surface area contributed by atoms with Gasteiger partial charge in [-0.2, -0.15) is 0 Å². The van der Waals surface area contributed by atoms with E-state index in [0.29, 0.717) is 0 Å². The summed E-state index contributed by atoms with van der Waals surface area (Å²) in [6, 6.07) is 22.0. The van der Waals surface area contributed by atoms with Crippen molar-refractivity contribution in [3.05, 3.63) is 71.4 Å². The third kappa shape index (κ3) is 3.17. The van der Waals surface area contributed by atoms with Crippen molar-refractivity contribution in [1.82, 2.24) is 19.1 Å². The van der Waals surface area contributed by atoms with E-state index in [9.17, 15) is 0 Å². The molecule has 0 bridgehead atoms. The summed E-state index contributed by atoms with van der Waals surface area (Å²) in [4.78, 5) is 11.3. The van der Waals surface area contributed by atoms with Crippen LogP contribution in [0.25, 0.3) is 85.9 Å². The lowest BCUT2D eigenvalue weighted by Gasteiger charge is -2.14. The lowest BCUT2D eigenvalue weighted by molar-refractivity contribution is 0.655. The van der Waals surface area contributed by atoms with Crippen LogP contribution >= 0.6 is 22.7 Å². The van der Waals surface area contributed by atoms with Gasteiger partial charge < -0.3 is 9.13 Å². The lowest BCUT2D eigenvalue weighted by atomic mass is 9.99. The Bertz CT molecular complexity index is 2330. The number of hydrogen-bond donors (Lipinski definition) is 0. The van der Waals surface area contributed by atoms with E-state index in [0.717, 1.165) is 60.8 Å². The molecule has 0 fully saturated rings. The zero-order chi connectivity index (χ0) is 27.9. The van der Waals surface area contributed by atoms with Gasteiger partial charge in [-0.1, -0.05) is 75.2 Å². The molecule has 0 saturated carbocycles. The average Bonchev–Trinajstić information content (AvgIpc) is 3.80. The minimum atomic E-state index is 0.997. The highest BCUT2D eigenvalue weighted by Crippen LogP contribution is 2.47. The fraction of sp³-hybridized carbons (Fsp3) is 0.222. The molecule has 0 aliphatic carbocycles. The quantitative estimate of drug-likeness (QED) is 0.144. The molecule has 0 N–H and O–H groups in total. The van der Waals surface area contributed by atoms with Gasteiger partial charge in [0, 0.05) is 34.6 Å². The SMILES string of the molecule is CCCCn1c2ccsc2c2c3nc4c5ccccc5c5ccccc5c4nc3c3c4sccc4n(CCCC)c3c21. The normalized spacial score (nSPS) is 12.6. The molecule has 0 atom stereocenters. The Morgan fingerprint density at radius 1 is 0.548 bits per heavy atom. The summed E-state index contributed by atoms with van der Waals surface area (Å²) in [6.07, 6.45) is 4.63. The Balaban J connectivity index is 1.60. The van der Waals surface area contributed by atoms with E-state index in [1.54, 1.807) is 0 Å². The molecule has 5 aromatic heterocycles. The first-order valence-electron chi connectivity index (χ1n) is 15.1. The van der Waals surface area contributed by atoms with E-state index < -0.39 is 0 Å². The van der Waals surface area contributed by atoms with Crippen LogP contribution in [0.15, 0.2) is 71.4 Å². The summed E-state index contributed by atoms with van der Waals surface area (Å²) in [6.45, 7) is 6.59. The number of benzene rings is 4. The van der Waals surface area contributed by atoms with Gasteiger partial charge in [-0.15, -0.1) is 22.7 Å². The van der Waals surface area contributed by atoms with Crippen LogP contribution in [0.5, 0.6) is 0 Å². The minimum absolute atomic E-state index is 0.997. The standard InChI is InChI=1S/C36H30N4S2/c1-3-5-17-39-25-15-19-41-35(25)27-31-32(28-34(33(27)39)40(18-6-4-2)26-16-20-42-36(26)28)38-30-24-14-10-8-12-22(24)21-11-7-9-13-23(21)29(30)37-31/h7-16,19-20H,3-6,17-18H2,1-2H3. The number of aromatic nitrogens is 4. The predicted octanol–water partition coefficient (Wildman–Crippen LogP) is 11.0.